The Morgan fingerprint density at radius 2 is 2.00 bits per heavy atom. The number of imidazole rings is 1. The van der Waals surface area contributed by atoms with Crippen LogP contribution in [0.5, 0.6) is 0 Å². The monoisotopic (exact) mass is 260 g/mol. The van der Waals surface area contributed by atoms with Crippen molar-refractivity contribution in [2.75, 3.05) is 17.7 Å². The van der Waals surface area contributed by atoms with Crippen molar-refractivity contribution < 1.29 is 9.53 Å². The quantitative estimate of drug-likeness (QED) is 0.884. The molecular weight excluding hydrogens is 244 g/mol. The van der Waals surface area contributed by atoms with Gasteiger partial charge in [-0.1, -0.05) is 0 Å². The smallest absolute Gasteiger partial charge is 0.411 e. The standard InChI is InChI=1S/C13H16N4O2/c1-17-9-14-7-12(17)8-15-10-3-5-11(6-4-10)16-13(18)19-2/h3-7,9,15H,8H2,1-2H3,(H,16,18). The molecule has 0 bridgehead atoms. The fourth-order valence-electron chi connectivity index (χ4n) is 1.59. The van der Waals surface area contributed by atoms with Crippen molar-refractivity contribution in [3.05, 3.63) is 42.5 Å². The largest absolute Gasteiger partial charge is 0.453 e. The van der Waals surface area contributed by atoms with Crippen LogP contribution < -0.4 is 10.6 Å². The average molecular weight is 260 g/mol. The van der Waals surface area contributed by atoms with E-state index in [1.165, 1.54) is 7.11 Å². The van der Waals surface area contributed by atoms with E-state index >= 15 is 0 Å². The van der Waals surface area contributed by atoms with E-state index in [9.17, 15) is 4.79 Å². The van der Waals surface area contributed by atoms with Crippen LogP contribution in [0.25, 0.3) is 0 Å². The molecule has 0 spiro atoms. The van der Waals surface area contributed by atoms with Gasteiger partial charge in [-0.15, -0.1) is 0 Å². The SMILES string of the molecule is COC(=O)Nc1ccc(NCc2cncn2C)cc1. The maximum absolute atomic E-state index is 11.0. The van der Waals surface area contributed by atoms with E-state index in [0.717, 1.165) is 11.4 Å². The number of aromatic nitrogens is 2. The Balaban J connectivity index is 1.92. The first-order valence-corrected chi connectivity index (χ1v) is 5.83. The summed E-state index contributed by atoms with van der Waals surface area (Å²) in [5.41, 5.74) is 2.76. The molecule has 19 heavy (non-hydrogen) atoms. The molecule has 0 saturated carbocycles. The Morgan fingerprint density at radius 1 is 1.32 bits per heavy atom. The van der Waals surface area contributed by atoms with Gasteiger partial charge in [0, 0.05) is 24.6 Å². The minimum absolute atomic E-state index is 0.476. The predicted octanol–water partition coefficient (Wildman–Crippen LogP) is 2.21. The van der Waals surface area contributed by atoms with Gasteiger partial charge in [0.2, 0.25) is 0 Å². The van der Waals surface area contributed by atoms with E-state index in [0.29, 0.717) is 12.2 Å². The molecule has 2 aromatic rings. The lowest BCUT2D eigenvalue weighted by atomic mass is 10.2. The number of aryl methyl sites for hydroxylation is 1. The lowest BCUT2D eigenvalue weighted by Crippen LogP contribution is -2.10. The van der Waals surface area contributed by atoms with Crippen LogP contribution in [0.2, 0.25) is 0 Å². The summed E-state index contributed by atoms with van der Waals surface area (Å²) < 4.78 is 6.48. The molecule has 1 heterocycles. The molecule has 0 saturated heterocycles. The molecule has 0 radical (unpaired) electrons. The molecule has 2 rings (SSSR count). The molecule has 0 aliphatic carbocycles. The van der Waals surface area contributed by atoms with Gasteiger partial charge < -0.3 is 14.6 Å². The second-order valence-electron chi connectivity index (χ2n) is 4.04. The molecule has 1 aromatic carbocycles. The van der Waals surface area contributed by atoms with Crippen LogP contribution >= 0.6 is 0 Å². The summed E-state index contributed by atoms with van der Waals surface area (Å²) in [5.74, 6) is 0. The molecule has 0 atom stereocenters. The van der Waals surface area contributed by atoms with Gasteiger partial charge >= 0.3 is 6.09 Å². The summed E-state index contributed by atoms with van der Waals surface area (Å²) in [6, 6.07) is 7.40. The maximum Gasteiger partial charge on any atom is 0.411 e. The third-order valence-electron chi connectivity index (χ3n) is 2.71. The first-order valence-electron chi connectivity index (χ1n) is 5.83. The number of amides is 1. The zero-order valence-electron chi connectivity index (χ0n) is 10.9. The zero-order valence-corrected chi connectivity index (χ0v) is 10.9. The number of carbonyl (C=O) groups is 1. The topological polar surface area (TPSA) is 68.2 Å². The van der Waals surface area contributed by atoms with Crippen LogP contribution in [0.3, 0.4) is 0 Å². The van der Waals surface area contributed by atoms with Crippen molar-refractivity contribution in [1.82, 2.24) is 9.55 Å². The number of hydrogen-bond donors (Lipinski definition) is 2. The van der Waals surface area contributed by atoms with E-state index in [-0.39, 0.29) is 0 Å². The molecular formula is C13H16N4O2. The Morgan fingerprint density at radius 3 is 2.58 bits per heavy atom. The lowest BCUT2D eigenvalue weighted by molar-refractivity contribution is 0.187. The number of hydrogen-bond acceptors (Lipinski definition) is 4. The van der Waals surface area contributed by atoms with Gasteiger partial charge in [0.1, 0.15) is 0 Å². The second kappa shape index (κ2) is 5.90. The first kappa shape index (κ1) is 12.9. The van der Waals surface area contributed by atoms with Gasteiger partial charge in [-0.3, -0.25) is 5.32 Å². The Bertz CT molecular complexity index is 548. The molecule has 0 aliphatic heterocycles. The van der Waals surface area contributed by atoms with Crippen molar-refractivity contribution in [2.24, 2.45) is 7.05 Å². The summed E-state index contributed by atoms with van der Waals surface area (Å²) in [6.45, 7) is 0.695. The van der Waals surface area contributed by atoms with Crippen LogP contribution in [0.15, 0.2) is 36.8 Å². The fourth-order valence-corrected chi connectivity index (χ4v) is 1.59. The Labute approximate surface area is 111 Å². The number of methoxy groups -OCH3 is 1. The van der Waals surface area contributed by atoms with Crippen molar-refractivity contribution in [3.8, 4) is 0 Å². The predicted molar refractivity (Wildman–Crippen MR) is 73.0 cm³/mol. The van der Waals surface area contributed by atoms with Crippen molar-refractivity contribution >= 4 is 17.5 Å². The summed E-state index contributed by atoms with van der Waals surface area (Å²) in [6.07, 6.45) is 3.11. The van der Waals surface area contributed by atoms with Crippen molar-refractivity contribution in [2.45, 2.75) is 6.54 Å². The highest BCUT2D eigenvalue weighted by atomic mass is 16.5. The van der Waals surface area contributed by atoms with E-state index in [4.69, 9.17) is 0 Å². The molecule has 0 fully saturated rings. The summed E-state index contributed by atoms with van der Waals surface area (Å²) in [4.78, 5) is 15.1. The summed E-state index contributed by atoms with van der Waals surface area (Å²) in [5, 5.41) is 5.87. The number of ether oxygens (including phenoxy) is 1. The number of nitrogens with one attached hydrogen (secondary N) is 2. The molecule has 6 nitrogen and oxygen atoms in total. The molecule has 1 amide bonds. The zero-order chi connectivity index (χ0) is 13.7. The van der Waals surface area contributed by atoms with Gasteiger partial charge in [-0.2, -0.15) is 0 Å². The van der Waals surface area contributed by atoms with E-state index < -0.39 is 6.09 Å². The van der Waals surface area contributed by atoms with Gasteiger partial charge in [0.15, 0.2) is 0 Å². The van der Waals surface area contributed by atoms with Crippen LogP contribution in [-0.2, 0) is 18.3 Å². The minimum Gasteiger partial charge on any atom is -0.453 e. The molecule has 0 aliphatic rings. The maximum atomic E-state index is 11.0. The normalized spacial score (nSPS) is 10.0. The van der Waals surface area contributed by atoms with E-state index in [1.807, 2.05) is 42.1 Å². The first-order chi connectivity index (χ1) is 9.19. The van der Waals surface area contributed by atoms with Crippen molar-refractivity contribution in [3.63, 3.8) is 0 Å². The number of carbonyl (C=O) groups excluding carboxylic acids is 1. The van der Waals surface area contributed by atoms with Crippen LogP contribution in [0.4, 0.5) is 16.2 Å². The molecule has 1 aromatic heterocycles. The third kappa shape index (κ3) is 3.48. The average Bonchev–Trinajstić information content (AvgIpc) is 2.83. The van der Waals surface area contributed by atoms with Gasteiger partial charge in [0.05, 0.1) is 25.7 Å². The third-order valence-corrected chi connectivity index (χ3v) is 2.71. The van der Waals surface area contributed by atoms with Gasteiger partial charge in [-0.25, -0.2) is 9.78 Å². The molecule has 2 N–H and O–H groups in total. The summed E-state index contributed by atoms with van der Waals surface area (Å²) >= 11 is 0. The van der Waals surface area contributed by atoms with Crippen molar-refractivity contribution in [1.29, 1.82) is 0 Å². The van der Waals surface area contributed by atoms with Crippen LogP contribution in [0, 0.1) is 0 Å². The minimum atomic E-state index is -0.476. The Hall–Kier alpha value is -2.50. The molecule has 100 valence electrons. The highest BCUT2D eigenvalue weighted by Crippen LogP contribution is 2.14. The second-order valence-corrected chi connectivity index (χ2v) is 4.04. The van der Waals surface area contributed by atoms with Crippen LogP contribution in [0.1, 0.15) is 5.69 Å². The van der Waals surface area contributed by atoms with Crippen LogP contribution in [-0.4, -0.2) is 22.8 Å². The van der Waals surface area contributed by atoms with E-state index in [1.54, 1.807) is 6.33 Å². The molecule has 6 heteroatoms. The number of benzene rings is 1. The van der Waals surface area contributed by atoms with Gasteiger partial charge in [-0.05, 0) is 24.3 Å². The lowest BCUT2D eigenvalue weighted by Gasteiger charge is -2.08. The number of anilines is 2. The number of rotatable bonds is 4. The number of nitrogens with zero attached hydrogens (tertiary/aromatic N) is 2. The molecule has 0 unspecified atom stereocenters. The highest BCUT2D eigenvalue weighted by molar-refractivity contribution is 5.84. The summed E-state index contributed by atoms with van der Waals surface area (Å²) in [7, 11) is 3.28. The Kier molecular flexibility index (Phi) is 4.02. The fraction of sp³-hybridized carbons (Fsp3) is 0.231. The highest BCUT2D eigenvalue weighted by Gasteiger charge is 2.01. The van der Waals surface area contributed by atoms with Gasteiger partial charge in [0.25, 0.3) is 0 Å². The van der Waals surface area contributed by atoms with E-state index in [2.05, 4.69) is 20.4 Å².